The fourth-order valence-corrected chi connectivity index (χ4v) is 5.72. The van der Waals surface area contributed by atoms with E-state index in [9.17, 15) is 14.7 Å². The molecule has 5 rings (SSSR count). The van der Waals surface area contributed by atoms with Crippen molar-refractivity contribution in [2.45, 2.75) is 38.5 Å². The van der Waals surface area contributed by atoms with Gasteiger partial charge in [0.05, 0.1) is 21.3 Å². The lowest BCUT2D eigenvalue weighted by molar-refractivity contribution is -0.116. The maximum Gasteiger partial charge on any atom is 0.254 e. The molecule has 1 aliphatic carbocycles. The molecular formula is C33H34N2O6. The number of hydrogen-bond donors (Lipinski definition) is 3. The van der Waals surface area contributed by atoms with E-state index in [1.54, 1.807) is 26.4 Å². The maximum absolute atomic E-state index is 14.0. The van der Waals surface area contributed by atoms with Gasteiger partial charge in [0.1, 0.15) is 0 Å². The molecule has 0 fully saturated rings. The third-order valence-electron chi connectivity index (χ3n) is 7.80. The number of ketones is 1. The first-order valence-electron chi connectivity index (χ1n) is 13.4. The van der Waals surface area contributed by atoms with Gasteiger partial charge >= 0.3 is 0 Å². The molecule has 0 aromatic heterocycles. The molecule has 0 radical (unpaired) electrons. The number of allylic oxidation sites excluding steroid dienone is 3. The lowest BCUT2D eigenvalue weighted by Gasteiger charge is -2.37. The van der Waals surface area contributed by atoms with E-state index >= 15 is 0 Å². The second-order valence-electron chi connectivity index (χ2n) is 10.4. The first-order valence-corrected chi connectivity index (χ1v) is 13.4. The number of carbonyl (C=O) groups excluding carboxylic acids is 2. The fourth-order valence-electron chi connectivity index (χ4n) is 5.72. The highest BCUT2D eigenvalue weighted by molar-refractivity contribution is 6.10. The summed E-state index contributed by atoms with van der Waals surface area (Å²) >= 11 is 0. The van der Waals surface area contributed by atoms with Crippen LogP contribution in [0.2, 0.25) is 0 Å². The van der Waals surface area contributed by atoms with Crippen molar-refractivity contribution in [2.75, 3.05) is 26.6 Å². The van der Waals surface area contributed by atoms with Gasteiger partial charge in [0.15, 0.2) is 28.8 Å². The summed E-state index contributed by atoms with van der Waals surface area (Å²) in [5.41, 5.74) is 5.82. The summed E-state index contributed by atoms with van der Waals surface area (Å²) in [4.78, 5) is 27.8. The van der Waals surface area contributed by atoms with Crippen LogP contribution in [0.3, 0.4) is 0 Å². The number of phenolic OH excluding ortho intramolecular Hbond substituents is 1. The van der Waals surface area contributed by atoms with E-state index in [0.29, 0.717) is 46.0 Å². The summed E-state index contributed by atoms with van der Waals surface area (Å²) < 4.78 is 16.3. The Morgan fingerprint density at radius 1 is 0.854 bits per heavy atom. The van der Waals surface area contributed by atoms with Gasteiger partial charge in [0.2, 0.25) is 0 Å². The quantitative estimate of drug-likeness (QED) is 0.343. The second-order valence-corrected chi connectivity index (χ2v) is 10.4. The molecule has 2 aliphatic rings. The normalized spacial score (nSPS) is 18.4. The number of rotatable bonds is 7. The van der Waals surface area contributed by atoms with Crippen molar-refractivity contribution in [3.05, 3.63) is 99.9 Å². The Morgan fingerprint density at radius 3 is 2.20 bits per heavy atom. The average Bonchev–Trinajstić information content (AvgIpc) is 2.97. The Hall–Kier alpha value is -4.72. The summed E-state index contributed by atoms with van der Waals surface area (Å²) in [7, 11) is 4.65. The van der Waals surface area contributed by atoms with E-state index in [1.807, 2.05) is 56.3 Å². The minimum atomic E-state index is -0.648. The van der Waals surface area contributed by atoms with Gasteiger partial charge in [-0.3, -0.25) is 9.59 Å². The van der Waals surface area contributed by atoms with Crippen molar-refractivity contribution < 1.29 is 28.9 Å². The van der Waals surface area contributed by atoms with Crippen molar-refractivity contribution in [1.82, 2.24) is 5.32 Å². The minimum Gasteiger partial charge on any atom is -0.504 e. The largest absolute Gasteiger partial charge is 0.504 e. The van der Waals surface area contributed by atoms with Crippen LogP contribution in [0.4, 0.5) is 5.69 Å². The summed E-state index contributed by atoms with van der Waals surface area (Å²) in [6.45, 7) is 3.83. The van der Waals surface area contributed by atoms with Crippen molar-refractivity contribution in [3.8, 4) is 23.0 Å². The molecule has 8 nitrogen and oxygen atoms in total. The van der Waals surface area contributed by atoms with Gasteiger partial charge < -0.3 is 30.0 Å². The molecule has 0 bridgehead atoms. The van der Waals surface area contributed by atoms with Crippen molar-refractivity contribution in [1.29, 1.82) is 0 Å². The minimum absolute atomic E-state index is 0.0192. The average molecular weight is 555 g/mol. The van der Waals surface area contributed by atoms with E-state index in [1.165, 1.54) is 13.2 Å². The molecular weight excluding hydrogens is 520 g/mol. The maximum atomic E-state index is 14.0. The van der Waals surface area contributed by atoms with Crippen LogP contribution in [0, 0.1) is 6.92 Å². The Morgan fingerprint density at radius 2 is 1.51 bits per heavy atom. The van der Waals surface area contributed by atoms with Gasteiger partial charge in [-0.1, -0.05) is 29.8 Å². The Labute approximate surface area is 239 Å². The Bertz CT molecular complexity index is 1570. The van der Waals surface area contributed by atoms with E-state index in [2.05, 4.69) is 10.6 Å². The third kappa shape index (κ3) is 5.37. The number of phenols is 1. The monoisotopic (exact) mass is 554 g/mol. The van der Waals surface area contributed by atoms with Gasteiger partial charge in [-0.25, -0.2) is 0 Å². The number of carbonyl (C=O) groups is 2. The first kappa shape index (κ1) is 27.8. The molecule has 0 saturated heterocycles. The number of methoxy groups -OCH3 is 3. The van der Waals surface area contributed by atoms with Crippen molar-refractivity contribution >= 4 is 17.4 Å². The van der Waals surface area contributed by atoms with Crippen LogP contribution in [0.25, 0.3) is 0 Å². The second kappa shape index (κ2) is 11.4. The van der Waals surface area contributed by atoms with Gasteiger partial charge in [-0.05, 0) is 73.7 Å². The molecule has 3 aromatic rings. The molecule has 3 N–H and O–H groups in total. The summed E-state index contributed by atoms with van der Waals surface area (Å²) in [5.74, 6) is 0.387. The molecule has 3 aromatic carbocycles. The van der Waals surface area contributed by atoms with Crippen LogP contribution in [-0.2, 0) is 9.59 Å². The lowest BCUT2D eigenvalue weighted by Crippen LogP contribution is -2.37. The highest BCUT2D eigenvalue weighted by atomic mass is 16.5. The summed E-state index contributed by atoms with van der Waals surface area (Å²) in [5, 5.41) is 16.7. The van der Waals surface area contributed by atoms with Crippen LogP contribution in [0.15, 0.2) is 83.2 Å². The number of Topliss-reactive ketones (excluding diaryl/α,β-unsaturated/α-hetero) is 1. The van der Waals surface area contributed by atoms with Gasteiger partial charge in [-0.2, -0.15) is 0 Å². The zero-order chi connectivity index (χ0) is 29.3. The number of hydrogen-bond acceptors (Lipinski definition) is 7. The number of nitrogens with one attached hydrogen (secondary N) is 2. The van der Waals surface area contributed by atoms with Gasteiger partial charge in [-0.15, -0.1) is 0 Å². The highest BCUT2D eigenvalue weighted by Gasteiger charge is 2.41. The van der Waals surface area contributed by atoms with Gasteiger partial charge in [0, 0.05) is 40.6 Å². The number of dihydropyridines is 1. The van der Waals surface area contributed by atoms with Crippen molar-refractivity contribution in [3.63, 3.8) is 0 Å². The van der Waals surface area contributed by atoms with Crippen LogP contribution in [-0.4, -0.2) is 38.1 Å². The molecule has 1 aliphatic heterocycles. The molecule has 0 unspecified atom stereocenters. The van der Waals surface area contributed by atoms with Crippen LogP contribution in [0.1, 0.15) is 48.3 Å². The van der Waals surface area contributed by atoms with Crippen LogP contribution in [0.5, 0.6) is 23.0 Å². The number of anilines is 1. The number of amides is 1. The topological polar surface area (TPSA) is 106 Å². The van der Waals surface area contributed by atoms with Crippen LogP contribution < -0.4 is 24.8 Å². The Balaban J connectivity index is 1.57. The van der Waals surface area contributed by atoms with Gasteiger partial charge in [0.25, 0.3) is 5.91 Å². The number of benzene rings is 3. The smallest absolute Gasteiger partial charge is 0.254 e. The standard InChI is InChI=1S/C33H34N2O6/c1-18-6-10-23(11-7-18)35-33(38)30-19(2)34-24-14-22(20-9-13-27(39-3)29(16-20)41-5)15-26(37)32(24)31(30)21-8-12-25(36)28(17-21)40-4/h6-13,16-17,22,31,34,36H,14-15H2,1-5H3,(H,35,38)/t22-,31-/m0/s1. The molecule has 0 spiro atoms. The van der Waals surface area contributed by atoms with E-state index in [4.69, 9.17) is 14.2 Å². The molecule has 41 heavy (non-hydrogen) atoms. The predicted octanol–water partition coefficient (Wildman–Crippen LogP) is 5.73. The molecule has 1 amide bonds. The molecule has 2 atom stereocenters. The van der Waals surface area contributed by atoms with Crippen LogP contribution >= 0.6 is 0 Å². The SMILES string of the molecule is COc1cc([C@H]2C(C(=O)Nc3ccc(C)cc3)=C(C)NC3=C2C(=O)C[C@@H](c2ccc(OC)c(OC)c2)C3)ccc1O. The number of ether oxygens (including phenoxy) is 3. The van der Waals surface area contributed by atoms with E-state index in [-0.39, 0.29) is 35.5 Å². The molecule has 8 heteroatoms. The third-order valence-corrected chi connectivity index (χ3v) is 7.80. The Kier molecular flexibility index (Phi) is 7.75. The molecule has 212 valence electrons. The number of aromatic hydroxyl groups is 1. The van der Waals surface area contributed by atoms with E-state index in [0.717, 1.165) is 16.8 Å². The van der Waals surface area contributed by atoms with Crippen molar-refractivity contribution in [2.24, 2.45) is 0 Å². The zero-order valence-corrected chi connectivity index (χ0v) is 23.8. The van der Waals surface area contributed by atoms with E-state index < -0.39 is 5.92 Å². The molecule has 1 heterocycles. The lowest BCUT2D eigenvalue weighted by atomic mass is 9.71. The molecule has 0 saturated carbocycles. The summed E-state index contributed by atoms with van der Waals surface area (Å²) in [6, 6.07) is 18.2. The predicted molar refractivity (Wildman–Crippen MR) is 157 cm³/mol. The number of aryl methyl sites for hydroxylation is 1. The first-order chi connectivity index (χ1) is 19.7. The summed E-state index contributed by atoms with van der Waals surface area (Å²) in [6.07, 6.45) is 0.847. The highest BCUT2D eigenvalue weighted by Crippen LogP contribution is 2.47. The fraction of sp³-hybridized carbons (Fsp3) is 0.273. The zero-order valence-electron chi connectivity index (χ0n) is 23.8.